The van der Waals surface area contributed by atoms with Crippen molar-refractivity contribution >= 4 is 5.91 Å². The van der Waals surface area contributed by atoms with E-state index in [1.54, 1.807) is 0 Å². The van der Waals surface area contributed by atoms with Gasteiger partial charge in [0, 0.05) is 12.5 Å². The largest absolute Gasteiger partial charge is 0.353 e. The van der Waals surface area contributed by atoms with Crippen molar-refractivity contribution in [3.63, 3.8) is 0 Å². The van der Waals surface area contributed by atoms with Crippen molar-refractivity contribution in [1.82, 2.24) is 5.32 Å². The van der Waals surface area contributed by atoms with Crippen LogP contribution in [-0.2, 0) is 4.79 Å². The van der Waals surface area contributed by atoms with Crippen molar-refractivity contribution in [2.45, 2.75) is 51.5 Å². The van der Waals surface area contributed by atoms with Crippen molar-refractivity contribution in [3.8, 4) is 0 Å². The van der Waals surface area contributed by atoms with Crippen LogP contribution in [0.3, 0.4) is 0 Å². The second kappa shape index (κ2) is 3.69. The second-order valence-corrected chi connectivity index (χ2v) is 4.62. The number of rotatable bonds is 1. The van der Waals surface area contributed by atoms with E-state index in [1.165, 1.54) is 32.1 Å². The van der Waals surface area contributed by atoms with Crippen LogP contribution in [0.25, 0.3) is 0 Å². The van der Waals surface area contributed by atoms with Gasteiger partial charge in [-0.1, -0.05) is 32.1 Å². The monoisotopic (exact) mass is 181 g/mol. The molecule has 1 heterocycles. The van der Waals surface area contributed by atoms with E-state index in [-0.39, 0.29) is 5.91 Å². The van der Waals surface area contributed by atoms with Gasteiger partial charge in [-0.3, -0.25) is 4.79 Å². The molecule has 0 aromatic heterocycles. The fourth-order valence-corrected chi connectivity index (χ4v) is 2.95. The van der Waals surface area contributed by atoms with E-state index in [0.717, 1.165) is 12.3 Å². The summed E-state index contributed by atoms with van der Waals surface area (Å²) in [7, 11) is 0. The summed E-state index contributed by atoms with van der Waals surface area (Å²) in [6, 6.07) is 0.426. The molecule has 2 nitrogen and oxygen atoms in total. The standard InChI is InChI=1S/C11H19NO/c1-8-10(7-11(13)12-8)9-5-3-2-4-6-9/h8-10H,2-7H2,1H3,(H,12,13). The summed E-state index contributed by atoms with van der Waals surface area (Å²) in [5, 5.41) is 3.03. The first-order chi connectivity index (χ1) is 6.27. The molecule has 0 aromatic rings. The van der Waals surface area contributed by atoms with Crippen molar-refractivity contribution < 1.29 is 4.79 Å². The molecule has 0 spiro atoms. The van der Waals surface area contributed by atoms with Gasteiger partial charge in [0.05, 0.1) is 0 Å². The summed E-state index contributed by atoms with van der Waals surface area (Å²) in [6.07, 6.45) is 7.64. The zero-order chi connectivity index (χ0) is 9.26. The second-order valence-electron chi connectivity index (χ2n) is 4.62. The Hall–Kier alpha value is -0.530. The average Bonchev–Trinajstić information content (AvgIpc) is 2.47. The fraction of sp³-hybridized carbons (Fsp3) is 0.909. The lowest BCUT2D eigenvalue weighted by molar-refractivity contribution is -0.119. The Morgan fingerprint density at radius 1 is 1.23 bits per heavy atom. The van der Waals surface area contributed by atoms with Gasteiger partial charge in [0.15, 0.2) is 0 Å². The molecule has 2 rings (SSSR count). The molecular weight excluding hydrogens is 162 g/mol. The molecule has 1 saturated carbocycles. The van der Waals surface area contributed by atoms with Gasteiger partial charge >= 0.3 is 0 Å². The van der Waals surface area contributed by atoms with Gasteiger partial charge in [0.2, 0.25) is 5.91 Å². The predicted molar refractivity (Wildman–Crippen MR) is 52.3 cm³/mol. The van der Waals surface area contributed by atoms with Crippen LogP contribution in [0.5, 0.6) is 0 Å². The minimum atomic E-state index is 0.267. The van der Waals surface area contributed by atoms with Gasteiger partial charge in [-0.2, -0.15) is 0 Å². The van der Waals surface area contributed by atoms with E-state index in [2.05, 4.69) is 12.2 Å². The molecule has 74 valence electrons. The molecule has 2 aliphatic rings. The van der Waals surface area contributed by atoms with E-state index >= 15 is 0 Å². The average molecular weight is 181 g/mol. The molecule has 2 atom stereocenters. The zero-order valence-corrected chi connectivity index (χ0v) is 8.38. The van der Waals surface area contributed by atoms with Gasteiger partial charge in [-0.25, -0.2) is 0 Å². The SMILES string of the molecule is CC1NC(=O)CC1C1CCCCC1. The summed E-state index contributed by atoms with van der Waals surface area (Å²) >= 11 is 0. The first-order valence-electron chi connectivity index (χ1n) is 5.57. The van der Waals surface area contributed by atoms with Gasteiger partial charge in [0.25, 0.3) is 0 Å². The third-order valence-electron chi connectivity index (χ3n) is 3.71. The van der Waals surface area contributed by atoms with E-state index < -0.39 is 0 Å². The number of carbonyl (C=O) groups excluding carboxylic acids is 1. The molecule has 0 bridgehead atoms. The van der Waals surface area contributed by atoms with Crippen LogP contribution in [0.4, 0.5) is 0 Å². The van der Waals surface area contributed by atoms with E-state index in [1.807, 2.05) is 0 Å². The van der Waals surface area contributed by atoms with E-state index in [9.17, 15) is 4.79 Å². The maximum Gasteiger partial charge on any atom is 0.220 e. The topological polar surface area (TPSA) is 29.1 Å². The lowest BCUT2D eigenvalue weighted by Crippen LogP contribution is -2.29. The normalized spacial score (nSPS) is 36.2. The molecule has 2 fully saturated rings. The minimum Gasteiger partial charge on any atom is -0.353 e. The zero-order valence-electron chi connectivity index (χ0n) is 8.38. The van der Waals surface area contributed by atoms with Crippen LogP contribution in [-0.4, -0.2) is 11.9 Å². The number of amides is 1. The van der Waals surface area contributed by atoms with E-state index in [4.69, 9.17) is 0 Å². The Kier molecular flexibility index (Phi) is 2.56. The Labute approximate surface area is 80.1 Å². The highest BCUT2D eigenvalue weighted by Gasteiger charge is 2.35. The van der Waals surface area contributed by atoms with Crippen molar-refractivity contribution in [3.05, 3.63) is 0 Å². The molecule has 2 unspecified atom stereocenters. The molecule has 1 saturated heterocycles. The smallest absolute Gasteiger partial charge is 0.220 e. The number of hydrogen-bond acceptors (Lipinski definition) is 1. The molecule has 0 aromatic carbocycles. The van der Waals surface area contributed by atoms with Crippen LogP contribution in [0.1, 0.15) is 45.4 Å². The van der Waals surface area contributed by atoms with Gasteiger partial charge < -0.3 is 5.32 Å². The molecule has 1 aliphatic heterocycles. The van der Waals surface area contributed by atoms with Crippen molar-refractivity contribution in [1.29, 1.82) is 0 Å². The Morgan fingerprint density at radius 3 is 2.46 bits per heavy atom. The Balaban J connectivity index is 1.95. The summed E-state index contributed by atoms with van der Waals surface area (Å²) < 4.78 is 0. The Bertz CT molecular complexity index is 196. The number of hydrogen-bond donors (Lipinski definition) is 1. The summed E-state index contributed by atoms with van der Waals surface area (Å²) in [6.45, 7) is 2.16. The molecule has 1 aliphatic carbocycles. The summed E-state index contributed by atoms with van der Waals surface area (Å²) in [5.41, 5.74) is 0. The quantitative estimate of drug-likeness (QED) is 0.659. The number of nitrogens with one attached hydrogen (secondary N) is 1. The molecule has 0 radical (unpaired) electrons. The third kappa shape index (κ3) is 1.87. The van der Waals surface area contributed by atoms with E-state index in [0.29, 0.717) is 12.0 Å². The number of carbonyl (C=O) groups is 1. The maximum absolute atomic E-state index is 11.2. The fourth-order valence-electron chi connectivity index (χ4n) is 2.95. The highest BCUT2D eigenvalue weighted by molar-refractivity contribution is 5.78. The molecular formula is C11H19NO. The maximum atomic E-state index is 11.2. The lowest BCUT2D eigenvalue weighted by atomic mass is 9.77. The first-order valence-corrected chi connectivity index (χ1v) is 5.57. The van der Waals surface area contributed by atoms with Crippen LogP contribution in [0, 0.1) is 11.8 Å². The van der Waals surface area contributed by atoms with Crippen LogP contribution in [0.2, 0.25) is 0 Å². The van der Waals surface area contributed by atoms with Crippen molar-refractivity contribution in [2.75, 3.05) is 0 Å². The van der Waals surface area contributed by atoms with Gasteiger partial charge in [0.1, 0.15) is 0 Å². The highest BCUT2D eigenvalue weighted by Crippen LogP contribution is 2.35. The minimum absolute atomic E-state index is 0.267. The van der Waals surface area contributed by atoms with Crippen LogP contribution >= 0.6 is 0 Å². The Morgan fingerprint density at radius 2 is 1.92 bits per heavy atom. The summed E-state index contributed by atoms with van der Waals surface area (Å²) in [4.78, 5) is 11.2. The third-order valence-corrected chi connectivity index (χ3v) is 3.71. The van der Waals surface area contributed by atoms with Crippen LogP contribution in [0.15, 0.2) is 0 Å². The molecule has 13 heavy (non-hydrogen) atoms. The lowest BCUT2D eigenvalue weighted by Gasteiger charge is -2.28. The summed E-state index contributed by atoms with van der Waals surface area (Å²) in [5.74, 6) is 1.72. The van der Waals surface area contributed by atoms with Crippen LogP contribution < -0.4 is 5.32 Å². The molecule has 1 N–H and O–H groups in total. The molecule has 2 heteroatoms. The molecule has 1 amide bonds. The highest BCUT2D eigenvalue weighted by atomic mass is 16.1. The first kappa shape index (κ1) is 9.04. The van der Waals surface area contributed by atoms with Gasteiger partial charge in [-0.15, -0.1) is 0 Å². The van der Waals surface area contributed by atoms with Gasteiger partial charge in [-0.05, 0) is 18.8 Å². The van der Waals surface area contributed by atoms with Crippen molar-refractivity contribution in [2.24, 2.45) is 11.8 Å². The predicted octanol–water partition coefficient (Wildman–Crippen LogP) is 2.09.